The topological polar surface area (TPSA) is 69.4 Å². The van der Waals surface area contributed by atoms with Crippen LogP contribution in [0.2, 0.25) is 0 Å². The van der Waals surface area contributed by atoms with Crippen LogP contribution in [0.5, 0.6) is 11.5 Å². The standard InChI is InChI=1S/C15H19N3O3/c1-10-17-18-15(21-10)9-20-14-7-11(3-6-13(14)19-2)8-16-12-4-5-12/h3,6-7,12,16H,4-5,8-9H2,1-2H3. The lowest BCUT2D eigenvalue weighted by Crippen LogP contribution is -2.15. The highest BCUT2D eigenvalue weighted by Crippen LogP contribution is 2.29. The number of aromatic nitrogens is 2. The minimum atomic E-state index is 0.233. The Hall–Kier alpha value is -2.08. The van der Waals surface area contributed by atoms with Gasteiger partial charge in [-0.2, -0.15) is 0 Å². The van der Waals surface area contributed by atoms with Gasteiger partial charge in [-0.15, -0.1) is 10.2 Å². The Morgan fingerprint density at radius 2 is 2.14 bits per heavy atom. The molecule has 0 amide bonds. The molecule has 1 heterocycles. The second kappa shape index (κ2) is 6.13. The van der Waals surface area contributed by atoms with Crippen molar-refractivity contribution < 1.29 is 13.9 Å². The summed E-state index contributed by atoms with van der Waals surface area (Å²) in [5.74, 6) is 2.36. The van der Waals surface area contributed by atoms with E-state index in [4.69, 9.17) is 13.9 Å². The van der Waals surface area contributed by atoms with E-state index < -0.39 is 0 Å². The largest absolute Gasteiger partial charge is 0.493 e. The van der Waals surface area contributed by atoms with E-state index >= 15 is 0 Å². The van der Waals surface area contributed by atoms with Crippen molar-refractivity contribution in [3.8, 4) is 11.5 Å². The summed E-state index contributed by atoms with van der Waals surface area (Å²) in [6, 6.07) is 6.62. The Bertz CT molecular complexity index is 608. The van der Waals surface area contributed by atoms with Crippen molar-refractivity contribution in [3.05, 3.63) is 35.5 Å². The van der Waals surface area contributed by atoms with E-state index in [0.717, 1.165) is 6.54 Å². The van der Waals surface area contributed by atoms with E-state index in [-0.39, 0.29) is 6.61 Å². The lowest BCUT2D eigenvalue weighted by atomic mass is 10.2. The van der Waals surface area contributed by atoms with Gasteiger partial charge in [-0.05, 0) is 30.5 Å². The molecule has 0 unspecified atom stereocenters. The first-order valence-electron chi connectivity index (χ1n) is 7.06. The lowest BCUT2D eigenvalue weighted by Gasteiger charge is -2.11. The third-order valence-electron chi connectivity index (χ3n) is 3.32. The molecular formula is C15H19N3O3. The van der Waals surface area contributed by atoms with Crippen LogP contribution in [0, 0.1) is 6.92 Å². The van der Waals surface area contributed by atoms with Gasteiger partial charge in [0.1, 0.15) is 0 Å². The number of hydrogen-bond donors (Lipinski definition) is 1. The number of ether oxygens (including phenoxy) is 2. The molecule has 112 valence electrons. The number of rotatable bonds is 7. The van der Waals surface area contributed by atoms with Crippen LogP contribution in [0.4, 0.5) is 0 Å². The van der Waals surface area contributed by atoms with Crippen molar-refractivity contribution in [3.63, 3.8) is 0 Å². The third kappa shape index (κ3) is 3.72. The van der Waals surface area contributed by atoms with E-state index in [0.29, 0.717) is 29.3 Å². The number of benzene rings is 1. The normalized spacial score (nSPS) is 14.2. The first-order chi connectivity index (χ1) is 10.2. The quantitative estimate of drug-likeness (QED) is 0.843. The van der Waals surface area contributed by atoms with Crippen molar-refractivity contribution in [2.75, 3.05) is 7.11 Å². The minimum Gasteiger partial charge on any atom is -0.493 e. The van der Waals surface area contributed by atoms with Gasteiger partial charge < -0.3 is 19.2 Å². The van der Waals surface area contributed by atoms with Gasteiger partial charge in [0, 0.05) is 19.5 Å². The Kier molecular flexibility index (Phi) is 4.06. The van der Waals surface area contributed by atoms with Gasteiger partial charge in [0.2, 0.25) is 5.89 Å². The Labute approximate surface area is 123 Å². The average molecular weight is 289 g/mol. The fourth-order valence-electron chi connectivity index (χ4n) is 2.03. The monoisotopic (exact) mass is 289 g/mol. The molecule has 1 aliphatic carbocycles. The maximum atomic E-state index is 5.74. The highest BCUT2D eigenvalue weighted by atomic mass is 16.5. The smallest absolute Gasteiger partial charge is 0.253 e. The van der Waals surface area contributed by atoms with Gasteiger partial charge in [-0.25, -0.2) is 0 Å². The molecule has 1 N–H and O–H groups in total. The Morgan fingerprint density at radius 3 is 2.81 bits per heavy atom. The first kappa shape index (κ1) is 13.9. The number of hydrogen-bond acceptors (Lipinski definition) is 6. The third-order valence-corrected chi connectivity index (χ3v) is 3.32. The van der Waals surface area contributed by atoms with Gasteiger partial charge in [-0.3, -0.25) is 0 Å². The average Bonchev–Trinajstić information content (AvgIpc) is 3.24. The summed E-state index contributed by atoms with van der Waals surface area (Å²) in [7, 11) is 1.63. The second-order valence-electron chi connectivity index (χ2n) is 5.14. The summed E-state index contributed by atoms with van der Waals surface area (Å²) in [6.45, 7) is 2.82. The van der Waals surface area contributed by atoms with Gasteiger partial charge in [0.15, 0.2) is 18.1 Å². The van der Waals surface area contributed by atoms with Crippen molar-refractivity contribution >= 4 is 0 Å². The van der Waals surface area contributed by atoms with Crippen molar-refractivity contribution in [1.82, 2.24) is 15.5 Å². The highest BCUT2D eigenvalue weighted by molar-refractivity contribution is 5.43. The van der Waals surface area contributed by atoms with Crippen LogP contribution in [0.15, 0.2) is 22.6 Å². The summed E-state index contributed by atoms with van der Waals surface area (Å²) in [6.07, 6.45) is 2.55. The minimum absolute atomic E-state index is 0.233. The molecule has 0 radical (unpaired) electrons. The summed E-state index contributed by atoms with van der Waals surface area (Å²) in [5, 5.41) is 11.2. The zero-order chi connectivity index (χ0) is 14.7. The number of aryl methyl sites for hydroxylation is 1. The summed E-state index contributed by atoms with van der Waals surface area (Å²) < 4.78 is 16.4. The van der Waals surface area contributed by atoms with Gasteiger partial charge >= 0.3 is 0 Å². The predicted molar refractivity (Wildman–Crippen MR) is 76.2 cm³/mol. The van der Waals surface area contributed by atoms with Crippen LogP contribution in [-0.4, -0.2) is 23.3 Å². The molecule has 1 saturated carbocycles. The molecule has 2 aromatic rings. The molecule has 21 heavy (non-hydrogen) atoms. The van der Waals surface area contributed by atoms with Crippen LogP contribution < -0.4 is 14.8 Å². The second-order valence-corrected chi connectivity index (χ2v) is 5.14. The molecule has 1 aromatic heterocycles. The number of nitrogens with zero attached hydrogens (tertiary/aromatic N) is 2. The summed E-state index contributed by atoms with van der Waals surface area (Å²) in [5.41, 5.74) is 1.17. The van der Waals surface area contributed by atoms with Crippen LogP contribution in [0.3, 0.4) is 0 Å². The fourth-order valence-corrected chi connectivity index (χ4v) is 2.03. The van der Waals surface area contributed by atoms with Crippen molar-refractivity contribution in [1.29, 1.82) is 0 Å². The molecule has 3 rings (SSSR count). The summed E-state index contributed by atoms with van der Waals surface area (Å²) >= 11 is 0. The Morgan fingerprint density at radius 1 is 1.29 bits per heavy atom. The molecule has 0 bridgehead atoms. The van der Waals surface area contributed by atoms with E-state index in [9.17, 15) is 0 Å². The van der Waals surface area contributed by atoms with Crippen LogP contribution in [-0.2, 0) is 13.2 Å². The van der Waals surface area contributed by atoms with E-state index in [2.05, 4.69) is 15.5 Å². The molecule has 1 aromatic carbocycles. The highest BCUT2D eigenvalue weighted by Gasteiger charge is 2.20. The molecule has 1 aliphatic rings. The van der Waals surface area contributed by atoms with Crippen LogP contribution in [0.1, 0.15) is 30.2 Å². The molecule has 6 heteroatoms. The van der Waals surface area contributed by atoms with Gasteiger partial charge in [0.25, 0.3) is 5.89 Å². The van der Waals surface area contributed by atoms with Gasteiger partial charge in [0.05, 0.1) is 7.11 Å². The molecular weight excluding hydrogens is 270 g/mol. The van der Waals surface area contributed by atoms with E-state index in [1.54, 1.807) is 14.0 Å². The fraction of sp³-hybridized carbons (Fsp3) is 0.467. The molecule has 0 aliphatic heterocycles. The van der Waals surface area contributed by atoms with E-state index in [1.165, 1.54) is 18.4 Å². The van der Waals surface area contributed by atoms with Crippen molar-refractivity contribution in [2.24, 2.45) is 0 Å². The Balaban J connectivity index is 1.66. The van der Waals surface area contributed by atoms with E-state index in [1.807, 2.05) is 18.2 Å². The molecule has 1 fully saturated rings. The van der Waals surface area contributed by atoms with Crippen LogP contribution >= 0.6 is 0 Å². The maximum absolute atomic E-state index is 5.74. The number of nitrogens with one attached hydrogen (secondary N) is 1. The SMILES string of the molecule is COc1ccc(CNC2CC2)cc1OCc1nnc(C)o1. The lowest BCUT2D eigenvalue weighted by molar-refractivity contribution is 0.247. The van der Waals surface area contributed by atoms with Crippen molar-refractivity contribution in [2.45, 2.75) is 39.0 Å². The van der Waals surface area contributed by atoms with Gasteiger partial charge in [-0.1, -0.05) is 6.07 Å². The van der Waals surface area contributed by atoms with Crippen LogP contribution in [0.25, 0.3) is 0 Å². The molecule has 0 atom stereocenters. The summed E-state index contributed by atoms with van der Waals surface area (Å²) in [4.78, 5) is 0. The maximum Gasteiger partial charge on any atom is 0.253 e. The number of methoxy groups -OCH3 is 1. The predicted octanol–water partition coefficient (Wildman–Crippen LogP) is 2.22. The first-order valence-corrected chi connectivity index (χ1v) is 7.06. The molecule has 6 nitrogen and oxygen atoms in total. The zero-order valence-corrected chi connectivity index (χ0v) is 12.3. The zero-order valence-electron chi connectivity index (χ0n) is 12.3. The molecule has 0 saturated heterocycles. The molecule has 0 spiro atoms.